The van der Waals surface area contributed by atoms with E-state index in [2.05, 4.69) is 58.5 Å². The highest BCUT2D eigenvalue weighted by Gasteiger charge is 2.23. The number of aliphatic hydroxyl groups excluding tert-OH is 1. The summed E-state index contributed by atoms with van der Waals surface area (Å²) < 4.78 is 6.17. The number of nitrogens with one attached hydrogen (secondary N) is 1. The molecule has 0 amide bonds. The zero-order chi connectivity index (χ0) is 21.7. The van der Waals surface area contributed by atoms with Crippen molar-refractivity contribution in [2.24, 2.45) is 5.73 Å². The number of nitrogens with two attached hydrogens (primary N) is 1. The topological polar surface area (TPSA) is 84.2 Å². The van der Waals surface area contributed by atoms with Crippen LogP contribution in [0.3, 0.4) is 0 Å². The molecule has 5 heteroatoms. The number of aromatic amines is 1. The molecule has 0 bridgehead atoms. The molecule has 0 saturated carbocycles. The van der Waals surface area contributed by atoms with Crippen LogP contribution in [0.5, 0.6) is 5.75 Å². The van der Waals surface area contributed by atoms with E-state index < -0.39 is 5.54 Å². The Balaban J connectivity index is 1.48. The summed E-state index contributed by atoms with van der Waals surface area (Å²) in [4.78, 5) is 7.51. The first-order valence-electron chi connectivity index (χ1n) is 10.4. The summed E-state index contributed by atoms with van der Waals surface area (Å²) in [5.41, 5.74) is 9.43. The van der Waals surface area contributed by atoms with E-state index in [0.29, 0.717) is 12.4 Å². The summed E-state index contributed by atoms with van der Waals surface area (Å²) >= 11 is 0. The van der Waals surface area contributed by atoms with Crippen molar-refractivity contribution in [1.82, 2.24) is 9.97 Å². The smallest absolute Gasteiger partial charge is 0.128 e. The van der Waals surface area contributed by atoms with Gasteiger partial charge in [-0.2, -0.15) is 0 Å². The summed E-state index contributed by atoms with van der Waals surface area (Å²) in [6, 6.07) is 28.7. The van der Waals surface area contributed by atoms with Gasteiger partial charge >= 0.3 is 0 Å². The molecule has 0 aliphatic carbocycles. The molecular formula is C26H27N3O2. The van der Waals surface area contributed by atoms with Crippen molar-refractivity contribution in [3.8, 4) is 17.0 Å². The van der Waals surface area contributed by atoms with E-state index in [-0.39, 0.29) is 12.5 Å². The van der Waals surface area contributed by atoms with Gasteiger partial charge in [0, 0.05) is 5.92 Å². The van der Waals surface area contributed by atoms with E-state index >= 15 is 0 Å². The molecule has 0 fully saturated rings. The van der Waals surface area contributed by atoms with Crippen molar-refractivity contribution in [1.29, 1.82) is 0 Å². The monoisotopic (exact) mass is 413 g/mol. The SMILES string of the molecule is CC(N)(CO)c1ncc(-c2ccc(OCC(c3ccccc3)c3ccccc3)cc2)[nH]1. The van der Waals surface area contributed by atoms with Gasteiger partial charge < -0.3 is 20.6 Å². The van der Waals surface area contributed by atoms with Gasteiger partial charge in [-0.05, 0) is 47.9 Å². The number of hydrogen-bond acceptors (Lipinski definition) is 4. The normalized spacial score (nSPS) is 13.2. The average molecular weight is 414 g/mol. The fraction of sp³-hybridized carbons (Fsp3) is 0.192. The zero-order valence-corrected chi connectivity index (χ0v) is 17.5. The predicted molar refractivity (Wildman–Crippen MR) is 123 cm³/mol. The Hall–Kier alpha value is -3.41. The molecule has 4 aromatic rings. The van der Waals surface area contributed by atoms with Crippen LogP contribution in [0.25, 0.3) is 11.3 Å². The van der Waals surface area contributed by atoms with Gasteiger partial charge in [-0.3, -0.25) is 0 Å². The van der Waals surface area contributed by atoms with E-state index in [1.54, 1.807) is 13.1 Å². The van der Waals surface area contributed by atoms with Crippen LogP contribution >= 0.6 is 0 Å². The molecule has 1 aromatic heterocycles. The summed E-state index contributed by atoms with van der Waals surface area (Å²) in [6.07, 6.45) is 1.73. The van der Waals surface area contributed by atoms with Crippen LogP contribution in [0.4, 0.5) is 0 Å². The molecule has 4 rings (SSSR count). The number of hydrogen-bond donors (Lipinski definition) is 3. The molecule has 1 heterocycles. The van der Waals surface area contributed by atoms with E-state index in [1.807, 2.05) is 36.4 Å². The van der Waals surface area contributed by atoms with Crippen LogP contribution in [-0.2, 0) is 5.54 Å². The first-order valence-corrected chi connectivity index (χ1v) is 10.4. The van der Waals surface area contributed by atoms with Gasteiger partial charge in [0.25, 0.3) is 0 Å². The van der Waals surface area contributed by atoms with Gasteiger partial charge in [-0.15, -0.1) is 0 Å². The lowest BCUT2D eigenvalue weighted by atomic mass is 9.92. The first-order chi connectivity index (χ1) is 15.1. The first kappa shape index (κ1) is 20.8. The third-order valence-electron chi connectivity index (χ3n) is 5.43. The molecule has 0 spiro atoms. The van der Waals surface area contributed by atoms with Crippen LogP contribution in [0.2, 0.25) is 0 Å². The van der Waals surface area contributed by atoms with Crippen molar-refractivity contribution in [3.63, 3.8) is 0 Å². The minimum atomic E-state index is -0.898. The van der Waals surface area contributed by atoms with Crippen LogP contribution in [0.1, 0.15) is 29.8 Å². The molecular weight excluding hydrogens is 386 g/mol. The second kappa shape index (κ2) is 9.16. The van der Waals surface area contributed by atoms with E-state index in [4.69, 9.17) is 10.5 Å². The maximum absolute atomic E-state index is 9.43. The molecule has 4 N–H and O–H groups in total. The second-order valence-corrected chi connectivity index (χ2v) is 7.93. The van der Waals surface area contributed by atoms with Gasteiger partial charge in [-0.25, -0.2) is 4.98 Å². The Kier molecular flexibility index (Phi) is 6.16. The Bertz CT molecular complexity index is 1050. The fourth-order valence-electron chi connectivity index (χ4n) is 3.50. The molecule has 1 unspecified atom stereocenters. The van der Waals surface area contributed by atoms with Crippen LogP contribution in [0.15, 0.2) is 91.1 Å². The minimum Gasteiger partial charge on any atom is -0.493 e. The number of ether oxygens (including phenoxy) is 1. The second-order valence-electron chi connectivity index (χ2n) is 7.93. The van der Waals surface area contributed by atoms with E-state index in [1.165, 1.54) is 11.1 Å². The van der Waals surface area contributed by atoms with Gasteiger partial charge in [0.2, 0.25) is 0 Å². The quantitative estimate of drug-likeness (QED) is 0.398. The summed E-state index contributed by atoms with van der Waals surface area (Å²) in [5, 5.41) is 9.43. The molecule has 0 aliphatic heterocycles. The summed E-state index contributed by atoms with van der Waals surface area (Å²) in [6.45, 7) is 2.10. The van der Waals surface area contributed by atoms with Crippen molar-refractivity contribution in [3.05, 3.63) is 108 Å². The zero-order valence-electron chi connectivity index (χ0n) is 17.5. The maximum atomic E-state index is 9.43. The number of rotatable bonds is 8. The highest BCUT2D eigenvalue weighted by Crippen LogP contribution is 2.27. The standard InChI is InChI=1S/C26H27N3O2/c1-26(27,18-30)25-28-16-24(29-25)21-12-14-22(15-13-21)31-17-23(19-8-4-2-5-9-19)20-10-6-3-7-11-20/h2-16,23,30H,17-18,27H2,1H3,(H,28,29). The fourth-order valence-corrected chi connectivity index (χ4v) is 3.50. The molecule has 31 heavy (non-hydrogen) atoms. The van der Waals surface area contributed by atoms with Crippen molar-refractivity contribution in [2.45, 2.75) is 18.4 Å². The Morgan fingerprint density at radius 2 is 1.52 bits per heavy atom. The predicted octanol–water partition coefficient (Wildman–Crippen LogP) is 4.45. The number of aliphatic hydroxyl groups is 1. The largest absolute Gasteiger partial charge is 0.493 e. The molecule has 158 valence electrons. The number of imidazole rings is 1. The van der Waals surface area contributed by atoms with Crippen molar-refractivity contribution < 1.29 is 9.84 Å². The molecule has 0 saturated heterocycles. The maximum Gasteiger partial charge on any atom is 0.128 e. The van der Waals surface area contributed by atoms with Crippen LogP contribution < -0.4 is 10.5 Å². The molecule has 5 nitrogen and oxygen atoms in total. The molecule has 0 radical (unpaired) electrons. The summed E-state index contributed by atoms with van der Waals surface area (Å²) in [7, 11) is 0. The van der Waals surface area contributed by atoms with Crippen LogP contribution in [-0.4, -0.2) is 28.3 Å². The van der Waals surface area contributed by atoms with Gasteiger partial charge in [0.15, 0.2) is 0 Å². The molecule has 3 aromatic carbocycles. The lowest BCUT2D eigenvalue weighted by Gasteiger charge is -2.19. The average Bonchev–Trinajstić information content (AvgIpc) is 3.32. The highest BCUT2D eigenvalue weighted by molar-refractivity contribution is 5.59. The number of benzene rings is 3. The third kappa shape index (κ3) is 4.85. The van der Waals surface area contributed by atoms with Crippen molar-refractivity contribution >= 4 is 0 Å². The lowest BCUT2D eigenvalue weighted by molar-refractivity contribution is 0.204. The number of nitrogens with zero attached hydrogens (tertiary/aromatic N) is 1. The van der Waals surface area contributed by atoms with Crippen molar-refractivity contribution in [2.75, 3.05) is 13.2 Å². The van der Waals surface area contributed by atoms with E-state index in [9.17, 15) is 5.11 Å². The molecule has 0 aliphatic rings. The van der Waals surface area contributed by atoms with Gasteiger partial charge in [-0.1, -0.05) is 60.7 Å². The van der Waals surface area contributed by atoms with Gasteiger partial charge in [0.1, 0.15) is 11.6 Å². The van der Waals surface area contributed by atoms with Crippen LogP contribution in [0, 0.1) is 0 Å². The Labute approximate surface area is 182 Å². The molecule has 1 atom stereocenters. The number of H-pyrrole nitrogens is 1. The third-order valence-corrected chi connectivity index (χ3v) is 5.43. The van der Waals surface area contributed by atoms with Gasteiger partial charge in [0.05, 0.1) is 30.6 Å². The van der Waals surface area contributed by atoms with E-state index in [0.717, 1.165) is 17.0 Å². The minimum absolute atomic E-state index is 0.151. The Morgan fingerprint density at radius 3 is 2.06 bits per heavy atom. The number of aromatic nitrogens is 2. The highest BCUT2D eigenvalue weighted by atomic mass is 16.5. The summed E-state index contributed by atoms with van der Waals surface area (Å²) in [5.74, 6) is 1.51. The Morgan fingerprint density at radius 1 is 0.935 bits per heavy atom. The lowest BCUT2D eigenvalue weighted by Crippen LogP contribution is -2.38.